The molecule has 22 heavy (non-hydrogen) atoms. The molecule has 1 aromatic rings. The zero-order valence-electron chi connectivity index (χ0n) is 13.2. The Balaban J connectivity index is 2.57. The van der Waals surface area contributed by atoms with Crippen LogP contribution in [0.25, 0.3) is 0 Å². The third-order valence-electron chi connectivity index (χ3n) is 2.85. The predicted octanol–water partition coefficient (Wildman–Crippen LogP) is 2.08. The summed E-state index contributed by atoms with van der Waals surface area (Å²) in [4.78, 5) is 23.0. The first-order valence-electron chi connectivity index (χ1n) is 7.30. The molecule has 0 saturated carbocycles. The lowest BCUT2D eigenvalue weighted by molar-refractivity contribution is -0.142. The van der Waals surface area contributed by atoms with Gasteiger partial charge in [0.25, 0.3) is 5.91 Å². The fourth-order valence-corrected chi connectivity index (χ4v) is 1.92. The molecule has 0 aliphatic heterocycles. The summed E-state index contributed by atoms with van der Waals surface area (Å²) in [6.07, 6.45) is 0.372. The third kappa shape index (κ3) is 6.03. The minimum Gasteiger partial charge on any atom is -0.490 e. The summed E-state index contributed by atoms with van der Waals surface area (Å²) in [6.45, 7) is 5.88. The van der Waals surface area contributed by atoms with Crippen molar-refractivity contribution in [3.63, 3.8) is 0 Å². The number of benzene rings is 1. The maximum absolute atomic E-state index is 11.8. The zero-order valence-corrected chi connectivity index (χ0v) is 13.2. The number of hydrogen-bond donors (Lipinski definition) is 2. The molecule has 0 spiro atoms. The van der Waals surface area contributed by atoms with Crippen molar-refractivity contribution < 1.29 is 24.2 Å². The van der Waals surface area contributed by atoms with Crippen molar-refractivity contribution in [3.8, 4) is 11.5 Å². The Bertz CT molecular complexity index is 501. The second kappa shape index (κ2) is 8.92. The summed E-state index contributed by atoms with van der Waals surface area (Å²) in [7, 11) is 0. The van der Waals surface area contributed by atoms with Crippen molar-refractivity contribution in [3.05, 3.63) is 24.3 Å². The van der Waals surface area contributed by atoms with Crippen LogP contribution in [-0.2, 0) is 9.59 Å². The number of aliphatic carboxylic acids is 1. The molecule has 1 aromatic carbocycles. The van der Waals surface area contributed by atoms with E-state index in [1.165, 1.54) is 0 Å². The van der Waals surface area contributed by atoms with Gasteiger partial charge in [0.2, 0.25) is 0 Å². The summed E-state index contributed by atoms with van der Waals surface area (Å²) in [6, 6.07) is 6.12. The van der Waals surface area contributed by atoms with Crippen LogP contribution in [0.3, 0.4) is 0 Å². The number of para-hydroxylation sites is 2. The number of rotatable bonds is 9. The van der Waals surface area contributed by atoms with Gasteiger partial charge in [0, 0.05) is 0 Å². The van der Waals surface area contributed by atoms with Gasteiger partial charge < -0.3 is 19.9 Å². The van der Waals surface area contributed by atoms with Crippen molar-refractivity contribution in [2.75, 3.05) is 13.2 Å². The molecule has 122 valence electrons. The highest BCUT2D eigenvalue weighted by Gasteiger charge is 2.21. The van der Waals surface area contributed by atoms with Gasteiger partial charge in [0.05, 0.1) is 6.61 Å². The molecule has 0 aromatic heterocycles. The fraction of sp³-hybridized carbons (Fsp3) is 0.500. The number of hydrogen-bond acceptors (Lipinski definition) is 4. The van der Waals surface area contributed by atoms with Gasteiger partial charge in [-0.1, -0.05) is 26.0 Å². The van der Waals surface area contributed by atoms with Crippen molar-refractivity contribution in [1.29, 1.82) is 0 Å². The Morgan fingerprint density at radius 1 is 1.18 bits per heavy atom. The lowest BCUT2D eigenvalue weighted by Gasteiger charge is -2.17. The average Bonchev–Trinajstić information content (AvgIpc) is 2.45. The zero-order chi connectivity index (χ0) is 16.5. The molecular weight excluding hydrogens is 286 g/mol. The van der Waals surface area contributed by atoms with E-state index in [1.54, 1.807) is 24.3 Å². The molecule has 0 unspecified atom stereocenters. The van der Waals surface area contributed by atoms with Gasteiger partial charge in [-0.05, 0) is 31.4 Å². The average molecular weight is 309 g/mol. The van der Waals surface area contributed by atoms with Gasteiger partial charge in [0.15, 0.2) is 18.1 Å². The molecule has 0 radical (unpaired) electrons. The maximum atomic E-state index is 11.8. The van der Waals surface area contributed by atoms with Gasteiger partial charge in [-0.25, -0.2) is 4.79 Å². The van der Waals surface area contributed by atoms with Crippen molar-refractivity contribution in [2.24, 2.45) is 5.92 Å². The molecule has 1 rings (SSSR count). The number of ether oxygens (including phenoxy) is 2. The van der Waals surface area contributed by atoms with E-state index in [-0.39, 0.29) is 12.5 Å². The Labute approximate surface area is 130 Å². The highest BCUT2D eigenvalue weighted by Crippen LogP contribution is 2.26. The summed E-state index contributed by atoms with van der Waals surface area (Å²) in [5.41, 5.74) is 0. The summed E-state index contributed by atoms with van der Waals surface area (Å²) in [5, 5.41) is 11.6. The summed E-state index contributed by atoms with van der Waals surface area (Å²) >= 11 is 0. The number of carbonyl (C=O) groups excluding carboxylic acids is 1. The van der Waals surface area contributed by atoms with Crippen LogP contribution in [0.5, 0.6) is 11.5 Å². The van der Waals surface area contributed by atoms with E-state index in [4.69, 9.17) is 14.6 Å². The van der Waals surface area contributed by atoms with Gasteiger partial charge in [-0.2, -0.15) is 0 Å². The molecule has 0 saturated heterocycles. The number of carboxylic acids is 1. The van der Waals surface area contributed by atoms with Crippen LogP contribution in [-0.4, -0.2) is 36.2 Å². The second-order valence-electron chi connectivity index (χ2n) is 5.26. The molecule has 2 N–H and O–H groups in total. The first kappa shape index (κ1) is 17.8. The number of carbonyl (C=O) groups is 2. The van der Waals surface area contributed by atoms with E-state index in [9.17, 15) is 9.59 Å². The van der Waals surface area contributed by atoms with Gasteiger partial charge in [-0.3, -0.25) is 4.79 Å². The summed E-state index contributed by atoms with van der Waals surface area (Å²) < 4.78 is 10.8. The van der Waals surface area contributed by atoms with Crippen LogP contribution in [0.4, 0.5) is 0 Å². The molecule has 0 heterocycles. The fourth-order valence-electron chi connectivity index (χ4n) is 1.92. The largest absolute Gasteiger partial charge is 0.490 e. The van der Waals surface area contributed by atoms with E-state index in [0.717, 1.165) is 0 Å². The first-order chi connectivity index (χ1) is 10.4. The van der Waals surface area contributed by atoms with E-state index < -0.39 is 17.9 Å². The van der Waals surface area contributed by atoms with Gasteiger partial charge >= 0.3 is 5.97 Å². The Morgan fingerprint density at radius 2 is 1.77 bits per heavy atom. The minimum absolute atomic E-state index is 0.168. The molecule has 0 bridgehead atoms. The van der Waals surface area contributed by atoms with Crippen LogP contribution in [0, 0.1) is 5.92 Å². The Morgan fingerprint density at radius 3 is 2.27 bits per heavy atom. The standard InChI is InChI=1S/C16H23NO5/c1-4-21-13-7-5-6-8-14(13)22-10-15(18)17-12(16(19)20)9-11(2)3/h5-8,11-12H,4,9-10H2,1-3H3,(H,17,18)(H,19,20)/t12-/m1/s1. The van der Waals surface area contributed by atoms with E-state index in [0.29, 0.717) is 24.5 Å². The molecule has 0 aliphatic rings. The van der Waals surface area contributed by atoms with Crippen molar-refractivity contribution in [2.45, 2.75) is 33.2 Å². The van der Waals surface area contributed by atoms with Crippen molar-refractivity contribution >= 4 is 11.9 Å². The minimum atomic E-state index is -1.04. The molecule has 6 nitrogen and oxygen atoms in total. The maximum Gasteiger partial charge on any atom is 0.326 e. The molecular formula is C16H23NO5. The quantitative estimate of drug-likeness (QED) is 0.729. The van der Waals surface area contributed by atoms with Crippen LogP contribution in [0.2, 0.25) is 0 Å². The monoisotopic (exact) mass is 309 g/mol. The second-order valence-corrected chi connectivity index (χ2v) is 5.26. The molecule has 1 atom stereocenters. The predicted molar refractivity (Wildman–Crippen MR) is 82.1 cm³/mol. The summed E-state index contributed by atoms with van der Waals surface area (Å²) in [5.74, 6) is -0.345. The SMILES string of the molecule is CCOc1ccccc1OCC(=O)N[C@H](CC(C)C)C(=O)O. The van der Waals surface area contributed by atoms with Gasteiger partial charge in [-0.15, -0.1) is 0 Å². The Hall–Kier alpha value is -2.24. The first-order valence-corrected chi connectivity index (χ1v) is 7.30. The molecule has 0 aliphatic carbocycles. The number of nitrogens with one attached hydrogen (secondary N) is 1. The normalized spacial score (nSPS) is 11.8. The molecule has 6 heteroatoms. The highest BCUT2D eigenvalue weighted by molar-refractivity contribution is 5.84. The van der Waals surface area contributed by atoms with Crippen molar-refractivity contribution in [1.82, 2.24) is 5.32 Å². The van der Waals surface area contributed by atoms with Crippen LogP contribution in [0.15, 0.2) is 24.3 Å². The third-order valence-corrected chi connectivity index (χ3v) is 2.85. The molecule has 1 amide bonds. The van der Waals surface area contributed by atoms with E-state index in [2.05, 4.69) is 5.32 Å². The van der Waals surface area contributed by atoms with Crippen LogP contribution in [0.1, 0.15) is 27.2 Å². The topological polar surface area (TPSA) is 84.9 Å². The van der Waals surface area contributed by atoms with E-state index >= 15 is 0 Å². The Kier molecular flexibility index (Phi) is 7.22. The smallest absolute Gasteiger partial charge is 0.326 e. The number of amides is 1. The van der Waals surface area contributed by atoms with E-state index in [1.807, 2.05) is 20.8 Å². The van der Waals surface area contributed by atoms with Gasteiger partial charge in [0.1, 0.15) is 6.04 Å². The van der Waals surface area contributed by atoms with Crippen LogP contribution >= 0.6 is 0 Å². The van der Waals surface area contributed by atoms with Crippen LogP contribution < -0.4 is 14.8 Å². The lowest BCUT2D eigenvalue weighted by Crippen LogP contribution is -2.43. The lowest BCUT2D eigenvalue weighted by atomic mass is 10.0. The number of carboxylic acid groups (broad SMARTS) is 1. The highest BCUT2D eigenvalue weighted by atomic mass is 16.5. The molecule has 0 fully saturated rings.